The summed E-state index contributed by atoms with van der Waals surface area (Å²) in [5.41, 5.74) is 6.43. The van der Waals surface area contributed by atoms with E-state index in [0.717, 1.165) is 0 Å². The molecule has 0 saturated heterocycles. The zero-order chi connectivity index (χ0) is 14.0. The Kier molecular flexibility index (Phi) is 4.07. The van der Waals surface area contributed by atoms with E-state index < -0.39 is 5.82 Å². The Bertz CT molecular complexity index is 594. The Morgan fingerprint density at radius 3 is 2.79 bits per heavy atom. The smallest absolute Gasteiger partial charge is 0.266 e. The Morgan fingerprint density at radius 1 is 1.47 bits per heavy atom. The molecule has 0 spiro atoms. The van der Waals surface area contributed by atoms with Crippen LogP contribution in [-0.2, 0) is 6.54 Å². The number of thiophene rings is 1. The van der Waals surface area contributed by atoms with Crippen LogP contribution in [0.15, 0.2) is 29.6 Å². The molecule has 0 fully saturated rings. The first-order valence-electron chi connectivity index (χ1n) is 5.52. The molecule has 0 aliphatic heterocycles. The summed E-state index contributed by atoms with van der Waals surface area (Å²) in [7, 11) is 1.59. The molecule has 2 aromatic rings. The summed E-state index contributed by atoms with van der Waals surface area (Å²) in [5.74, 6) is -0.668. The average Bonchev–Trinajstić information content (AvgIpc) is 2.79. The molecule has 1 heterocycles. The van der Waals surface area contributed by atoms with Crippen LogP contribution >= 0.6 is 22.9 Å². The van der Waals surface area contributed by atoms with E-state index in [1.165, 1.54) is 28.4 Å². The molecule has 0 aliphatic carbocycles. The molecule has 0 atom stereocenters. The first-order chi connectivity index (χ1) is 9.00. The number of hydrogen-bond acceptors (Lipinski definition) is 3. The Hall–Kier alpha value is -1.59. The Morgan fingerprint density at radius 2 is 2.21 bits per heavy atom. The lowest BCUT2D eigenvalue weighted by atomic mass is 10.2. The van der Waals surface area contributed by atoms with E-state index in [4.69, 9.17) is 17.3 Å². The first kappa shape index (κ1) is 13.8. The molecule has 0 bridgehead atoms. The Labute approximate surface area is 119 Å². The fraction of sp³-hybridized carbons (Fsp3) is 0.154. The second kappa shape index (κ2) is 5.59. The molecule has 0 saturated carbocycles. The summed E-state index contributed by atoms with van der Waals surface area (Å²) in [6, 6.07) is 6.11. The third kappa shape index (κ3) is 2.88. The topological polar surface area (TPSA) is 46.3 Å². The van der Waals surface area contributed by atoms with Gasteiger partial charge in [-0.15, -0.1) is 11.3 Å². The highest BCUT2D eigenvalue weighted by Crippen LogP contribution is 2.24. The normalized spacial score (nSPS) is 10.5. The van der Waals surface area contributed by atoms with Crippen LogP contribution in [0.4, 0.5) is 10.1 Å². The van der Waals surface area contributed by atoms with Gasteiger partial charge in [-0.25, -0.2) is 4.39 Å². The van der Waals surface area contributed by atoms with Gasteiger partial charge in [-0.2, -0.15) is 0 Å². The highest BCUT2D eigenvalue weighted by atomic mass is 35.5. The van der Waals surface area contributed by atoms with Gasteiger partial charge in [-0.3, -0.25) is 4.79 Å². The minimum atomic E-state index is -0.425. The number of carbonyl (C=O) groups excluding carboxylic acids is 1. The van der Waals surface area contributed by atoms with E-state index in [1.54, 1.807) is 24.6 Å². The number of benzene rings is 1. The second-order valence-corrected chi connectivity index (χ2v) is 5.39. The van der Waals surface area contributed by atoms with Gasteiger partial charge in [0.2, 0.25) is 0 Å². The summed E-state index contributed by atoms with van der Waals surface area (Å²) in [5, 5.41) is 2.05. The van der Waals surface area contributed by atoms with Gasteiger partial charge >= 0.3 is 0 Å². The van der Waals surface area contributed by atoms with Crippen molar-refractivity contribution in [3.8, 4) is 0 Å². The van der Waals surface area contributed by atoms with Crippen LogP contribution in [0.3, 0.4) is 0 Å². The van der Waals surface area contributed by atoms with Gasteiger partial charge in [0.05, 0.1) is 12.2 Å². The Balaban J connectivity index is 2.20. The molecule has 0 unspecified atom stereocenters. The highest BCUT2D eigenvalue weighted by Gasteiger charge is 2.18. The number of carbonyl (C=O) groups is 1. The highest BCUT2D eigenvalue weighted by molar-refractivity contribution is 7.12. The lowest BCUT2D eigenvalue weighted by Crippen LogP contribution is -2.26. The number of hydrogen-bond donors (Lipinski definition) is 1. The zero-order valence-electron chi connectivity index (χ0n) is 10.2. The third-order valence-corrected chi connectivity index (χ3v) is 3.97. The number of halogens is 2. The molecule has 1 aromatic heterocycles. The van der Waals surface area contributed by atoms with Crippen molar-refractivity contribution in [2.45, 2.75) is 6.54 Å². The fourth-order valence-electron chi connectivity index (χ4n) is 1.66. The van der Waals surface area contributed by atoms with Crippen molar-refractivity contribution >= 4 is 34.5 Å². The molecule has 100 valence electrons. The molecule has 19 heavy (non-hydrogen) atoms. The van der Waals surface area contributed by atoms with Crippen molar-refractivity contribution in [1.82, 2.24) is 4.90 Å². The van der Waals surface area contributed by atoms with Crippen molar-refractivity contribution in [2.75, 3.05) is 12.8 Å². The van der Waals surface area contributed by atoms with Gasteiger partial charge < -0.3 is 10.6 Å². The summed E-state index contributed by atoms with van der Waals surface area (Å²) in [4.78, 5) is 14.0. The predicted octanol–water partition coefficient (Wildman–Crippen LogP) is 3.40. The molecule has 1 aromatic carbocycles. The van der Waals surface area contributed by atoms with Crippen LogP contribution in [0.1, 0.15) is 15.2 Å². The first-order valence-corrected chi connectivity index (χ1v) is 6.77. The van der Waals surface area contributed by atoms with Crippen LogP contribution in [0.5, 0.6) is 0 Å². The van der Waals surface area contributed by atoms with E-state index in [2.05, 4.69) is 0 Å². The third-order valence-electron chi connectivity index (χ3n) is 2.69. The lowest BCUT2D eigenvalue weighted by molar-refractivity contribution is 0.0789. The summed E-state index contributed by atoms with van der Waals surface area (Å²) < 4.78 is 13.7. The summed E-state index contributed by atoms with van der Waals surface area (Å²) >= 11 is 7.20. The summed E-state index contributed by atoms with van der Waals surface area (Å²) in [6.07, 6.45) is 0. The van der Waals surface area contributed by atoms with E-state index >= 15 is 0 Å². The monoisotopic (exact) mass is 298 g/mol. The molecule has 3 nitrogen and oxygen atoms in total. The van der Waals surface area contributed by atoms with E-state index in [-0.39, 0.29) is 12.5 Å². The van der Waals surface area contributed by atoms with Gasteiger partial charge in [0.15, 0.2) is 0 Å². The molecule has 6 heteroatoms. The molecule has 0 aliphatic rings. The van der Waals surface area contributed by atoms with Gasteiger partial charge in [0, 0.05) is 17.6 Å². The number of nitrogens with zero attached hydrogens (tertiary/aromatic N) is 1. The second-order valence-electron chi connectivity index (χ2n) is 4.07. The van der Waals surface area contributed by atoms with Crippen LogP contribution in [0, 0.1) is 5.82 Å². The minimum absolute atomic E-state index is 0.0989. The maximum absolute atomic E-state index is 13.7. The molecule has 2 N–H and O–H groups in total. The zero-order valence-corrected chi connectivity index (χ0v) is 11.8. The van der Waals surface area contributed by atoms with Gasteiger partial charge in [-0.05, 0) is 23.6 Å². The van der Waals surface area contributed by atoms with Crippen molar-refractivity contribution < 1.29 is 9.18 Å². The van der Waals surface area contributed by atoms with Gasteiger partial charge in [-0.1, -0.05) is 17.7 Å². The van der Waals surface area contributed by atoms with Crippen molar-refractivity contribution in [2.24, 2.45) is 0 Å². The number of amides is 1. The fourth-order valence-corrected chi connectivity index (χ4v) is 2.69. The predicted molar refractivity (Wildman–Crippen MR) is 75.9 cm³/mol. The maximum atomic E-state index is 13.7. The van der Waals surface area contributed by atoms with E-state index in [9.17, 15) is 9.18 Å². The molecule has 0 radical (unpaired) electrons. The van der Waals surface area contributed by atoms with E-state index in [1.807, 2.05) is 0 Å². The van der Waals surface area contributed by atoms with Crippen LogP contribution in [-0.4, -0.2) is 17.9 Å². The van der Waals surface area contributed by atoms with Crippen LogP contribution in [0.2, 0.25) is 5.02 Å². The molecular formula is C13H12ClFN2OS. The van der Waals surface area contributed by atoms with Crippen LogP contribution < -0.4 is 5.73 Å². The standard InChI is InChI=1S/C13H12ClFN2OS/c1-17(13(18)12-11(16)5-6-19-12)7-8-9(14)3-2-4-10(8)15/h2-6H,7,16H2,1H3. The maximum Gasteiger partial charge on any atom is 0.266 e. The summed E-state index contributed by atoms with van der Waals surface area (Å²) in [6.45, 7) is 0.0989. The van der Waals surface area contributed by atoms with Gasteiger partial charge in [0.1, 0.15) is 10.7 Å². The number of anilines is 1. The number of rotatable bonds is 3. The largest absolute Gasteiger partial charge is 0.397 e. The quantitative estimate of drug-likeness (QED) is 0.944. The van der Waals surface area contributed by atoms with Crippen molar-refractivity contribution in [3.05, 3.63) is 50.9 Å². The average molecular weight is 299 g/mol. The molecule has 1 amide bonds. The molecule has 2 rings (SSSR count). The van der Waals surface area contributed by atoms with E-state index in [0.29, 0.717) is 21.2 Å². The SMILES string of the molecule is CN(Cc1c(F)cccc1Cl)C(=O)c1sccc1N. The van der Waals surface area contributed by atoms with Crippen molar-refractivity contribution in [3.63, 3.8) is 0 Å². The lowest BCUT2D eigenvalue weighted by Gasteiger charge is -2.18. The van der Waals surface area contributed by atoms with Crippen LogP contribution in [0.25, 0.3) is 0 Å². The number of nitrogens with two attached hydrogens (primary N) is 1. The minimum Gasteiger partial charge on any atom is -0.397 e. The number of nitrogen functional groups attached to an aromatic ring is 1. The molecular weight excluding hydrogens is 287 g/mol. The van der Waals surface area contributed by atoms with Crippen molar-refractivity contribution in [1.29, 1.82) is 0 Å². The van der Waals surface area contributed by atoms with Gasteiger partial charge in [0.25, 0.3) is 5.91 Å².